The predicted octanol–water partition coefficient (Wildman–Crippen LogP) is 6.15. The summed E-state index contributed by atoms with van der Waals surface area (Å²) < 4.78 is 19.1. The number of furan rings is 1. The number of nitrogens with zero attached hydrogens (tertiary/aromatic N) is 2. The highest BCUT2D eigenvalue weighted by atomic mass is 35.5. The molecular formula is C30H26Cl2N2O5S. The normalized spacial score (nSPS) is 15.1. The van der Waals surface area contributed by atoms with Gasteiger partial charge in [-0.2, -0.15) is 0 Å². The van der Waals surface area contributed by atoms with Crippen LogP contribution in [0.4, 0.5) is 0 Å². The van der Waals surface area contributed by atoms with Crippen molar-refractivity contribution in [2.75, 3.05) is 13.7 Å². The maximum atomic E-state index is 14.0. The Hall–Kier alpha value is -3.59. The zero-order valence-corrected chi connectivity index (χ0v) is 24.4. The molecule has 2 aromatic heterocycles. The van der Waals surface area contributed by atoms with Gasteiger partial charge in [-0.15, -0.1) is 0 Å². The van der Waals surface area contributed by atoms with Gasteiger partial charge in [0.1, 0.15) is 23.3 Å². The topological polar surface area (TPSA) is 83.0 Å². The number of thiazole rings is 1. The highest BCUT2D eigenvalue weighted by molar-refractivity contribution is 7.07. The van der Waals surface area contributed by atoms with Gasteiger partial charge in [-0.05, 0) is 43.7 Å². The standard InChI is InChI=1S/C30H26Cl2N2O5S/c1-4-9-21-25(29(36)38-5-2)27(19-10-6-7-13-22(19)37-3)34-28(35)24(40-30(34)33-21)16-17-14-15-23(39-17)18-11-8-12-20(31)26(18)32/h6-8,10-16,27H,4-5,9H2,1-3H3/b24-16-. The SMILES string of the molecule is CCCC1=C(C(=O)OCC)C(c2ccccc2OC)n2c(s/c(=C\c3ccc(-c4cccc(Cl)c4Cl)o3)c2=O)=N1. The second kappa shape index (κ2) is 11.9. The highest BCUT2D eigenvalue weighted by Crippen LogP contribution is 2.37. The quantitative estimate of drug-likeness (QED) is 0.228. The number of allylic oxidation sites excluding steroid dienone is 1. The Morgan fingerprint density at radius 2 is 1.93 bits per heavy atom. The third kappa shape index (κ3) is 5.14. The number of aromatic nitrogens is 1. The Balaban J connectivity index is 1.70. The number of benzene rings is 2. The van der Waals surface area contributed by atoms with Crippen LogP contribution in [-0.4, -0.2) is 24.3 Å². The second-order valence-corrected chi connectivity index (χ2v) is 10.8. The number of para-hydroxylation sites is 1. The molecule has 3 heterocycles. The summed E-state index contributed by atoms with van der Waals surface area (Å²) in [5.74, 6) is 1.03. The first-order chi connectivity index (χ1) is 19.4. The minimum Gasteiger partial charge on any atom is -0.496 e. The molecule has 0 aliphatic carbocycles. The summed E-state index contributed by atoms with van der Waals surface area (Å²) in [4.78, 5) is 32.6. The minimum atomic E-state index is -0.771. The molecule has 1 atom stereocenters. The molecule has 10 heteroatoms. The lowest BCUT2D eigenvalue weighted by molar-refractivity contribution is -0.139. The molecule has 0 spiro atoms. The molecule has 0 radical (unpaired) electrons. The summed E-state index contributed by atoms with van der Waals surface area (Å²) in [5, 5.41) is 0.804. The van der Waals surface area contributed by atoms with Crippen molar-refractivity contribution in [1.82, 2.24) is 4.57 Å². The summed E-state index contributed by atoms with van der Waals surface area (Å²) in [6.45, 7) is 3.96. The highest BCUT2D eigenvalue weighted by Gasteiger charge is 2.35. The molecule has 0 saturated carbocycles. The van der Waals surface area contributed by atoms with E-state index in [-0.39, 0.29) is 12.2 Å². The fraction of sp³-hybridized carbons (Fsp3) is 0.233. The number of rotatable bonds is 8. The van der Waals surface area contributed by atoms with Crippen molar-refractivity contribution < 1.29 is 18.7 Å². The van der Waals surface area contributed by atoms with Gasteiger partial charge in [0, 0.05) is 17.2 Å². The molecule has 0 N–H and O–H groups in total. The molecule has 40 heavy (non-hydrogen) atoms. The van der Waals surface area contributed by atoms with E-state index in [2.05, 4.69) is 0 Å². The second-order valence-electron chi connectivity index (χ2n) is 8.96. The van der Waals surface area contributed by atoms with Crippen molar-refractivity contribution in [3.63, 3.8) is 0 Å². The van der Waals surface area contributed by atoms with Gasteiger partial charge in [0.05, 0.1) is 39.6 Å². The third-order valence-electron chi connectivity index (χ3n) is 6.44. The van der Waals surface area contributed by atoms with E-state index in [1.165, 1.54) is 15.9 Å². The maximum absolute atomic E-state index is 14.0. The lowest BCUT2D eigenvalue weighted by Crippen LogP contribution is -2.40. The summed E-state index contributed by atoms with van der Waals surface area (Å²) in [5.41, 5.74) is 1.94. The Morgan fingerprint density at radius 3 is 2.67 bits per heavy atom. The van der Waals surface area contributed by atoms with Gasteiger partial charge in [0.25, 0.3) is 5.56 Å². The number of fused-ring (bicyclic) bond motifs is 1. The van der Waals surface area contributed by atoms with Gasteiger partial charge in [0.2, 0.25) is 0 Å². The van der Waals surface area contributed by atoms with Crippen LogP contribution >= 0.6 is 34.5 Å². The molecule has 0 bridgehead atoms. The van der Waals surface area contributed by atoms with Gasteiger partial charge in [-0.3, -0.25) is 9.36 Å². The number of carbonyl (C=O) groups excluding carboxylic acids is 1. The van der Waals surface area contributed by atoms with E-state index >= 15 is 0 Å². The van der Waals surface area contributed by atoms with Gasteiger partial charge in [-0.1, -0.05) is 72.1 Å². The van der Waals surface area contributed by atoms with E-state index in [1.54, 1.807) is 50.4 Å². The first-order valence-electron chi connectivity index (χ1n) is 12.8. The molecule has 5 rings (SSSR count). The zero-order valence-electron chi connectivity index (χ0n) is 22.1. The minimum absolute atomic E-state index is 0.197. The lowest BCUT2D eigenvalue weighted by atomic mass is 9.93. The number of carbonyl (C=O) groups is 1. The zero-order chi connectivity index (χ0) is 28.4. The smallest absolute Gasteiger partial charge is 0.338 e. The van der Waals surface area contributed by atoms with Crippen LogP contribution < -0.4 is 19.6 Å². The summed E-state index contributed by atoms with van der Waals surface area (Å²) in [6, 6.07) is 15.4. The fourth-order valence-electron chi connectivity index (χ4n) is 4.71. The van der Waals surface area contributed by atoms with E-state index < -0.39 is 12.0 Å². The van der Waals surface area contributed by atoms with E-state index in [4.69, 9.17) is 42.1 Å². The van der Waals surface area contributed by atoms with Crippen LogP contribution in [-0.2, 0) is 9.53 Å². The van der Waals surface area contributed by atoms with Crippen molar-refractivity contribution in [3.8, 4) is 17.1 Å². The average Bonchev–Trinajstić information content (AvgIpc) is 3.54. The van der Waals surface area contributed by atoms with Crippen LogP contribution in [0, 0.1) is 0 Å². The Kier molecular flexibility index (Phi) is 8.30. The van der Waals surface area contributed by atoms with Crippen molar-refractivity contribution in [1.29, 1.82) is 0 Å². The number of hydrogen-bond donors (Lipinski definition) is 0. The van der Waals surface area contributed by atoms with E-state index in [9.17, 15) is 9.59 Å². The molecule has 7 nitrogen and oxygen atoms in total. The van der Waals surface area contributed by atoms with Gasteiger partial charge in [-0.25, -0.2) is 9.79 Å². The van der Waals surface area contributed by atoms with Crippen molar-refractivity contribution >= 4 is 46.6 Å². The van der Waals surface area contributed by atoms with Crippen LogP contribution in [0.1, 0.15) is 44.1 Å². The predicted molar refractivity (Wildman–Crippen MR) is 157 cm³/mol. The molecule has 0 amide bonds. The van der Waals surface area contributed by atoms with Crippen LogP contribution in [0.15, 0.2) is 80.1 Å². The summed E-state index contributed by atoms with van der Waals surface area (Å²) >= 11 is 13.8. The van der Waals surface area contributed by atoms with Gasteiger partial charge < -0.3 is 13.9 Å². The van der Waals surface area contributed by atoms with Crippen LogP contribution in [0.2, 0.25) is 10.0 Å². The average molecular weight is 598 g/mol. The van der Waals surface area contributed by atoms with E-state index in [1.807, 2.05) is 31.2 Å². The van der Waals surface area contributed by atoms with E-state index in [0.717, 1.165) is 6.42 Å². The molecule has 0 fully saturated rings. The largest absolute Gasteiger partial charge is 0.496 e. The van der Waals surface area contributed by atoms with Crippen molar-refractivity contribution in [3.05, 3.63) is 107 Å². The monoisotopic (exact) mass is 596 g/mol. The van der Waals surface area contributed by atoms with Gasteiger partial charge >= 0.3 is 5.97 Å². The summed E-state index contributed by atoms with van der Waals surface area (Å²) in [6.07, 6.45) is 2.97. The third-order valence-corrected chi connectivity index (χ3v) is 8.24. The molecular weight excluding hydrogens is 571 g/mol. The van der Waals surface area contributed by atoms with Gasteiger partial charge in [0.15, 0.2) is 4.80 Å². The van der Waals surface area contributed by atoms with Crippen LogP contribution in [0.25, 0.3) is 17.4 Å². The number of ether oxygens (including phenoxy) is 2. The lowest BCUT2D eigenvalue weighted by Gasteiger charge is -2.26. The number of hydrogen-bond acceptors (Lipinski definition) is 7. The Labute approximate surface area is 244 Å². The summed E-state index contributed by atoms with van der Waals surface area (Å²) in [7, 11) is 1.56. The van der Waals surface area contributed by atoms with Crippen molar-refractivity contribution in [2.45, 2.75) is 32.7 Å². The molecule has 1 aliphatic rings. The number of methoxy groups -OCH3 is 1. The molecule has 0 saturated heterocycles. The fourth-order valence-corrected chi connectivity index (χ4v) is 6.10. The molecule has 206 valence electrons. The number of esters is 1. The van der Waals surface area contributed by atoms with Crippen LogP contribution in [0.3, 0.4) is 0 Å². The Bertz CT molecular complexity index is 1800. The first-order valence-corrected chi connectivity index (χ1v) is 14.3. The van der Waals surface area contributed by atoms with Crippen LogP contribution in [0.5, 0.6) is 5.75 Å². The molecule has 4 aromatic rings. The molecule has 2 aromatic carbocycles. The van der Waals surface area contributed by atoms with Crippen molar-refractivity contribution in [2.24, 2.45) is 4.99 Å². The first kappa shape index (κ1) is 28.0. The maximum Gasteiger partial charge on any atom is 0.338 e. The number of halogens is 2. The molecule has 1 aliphatic heterocycles. The molecule has 1 unspecified atom stereocenters. The van der Waals surface area contributed by atoms with E-state index in [0.29, 0.717) is 65.5 Å². The Morgan fingerprint density at radius 1 is 1.12 bits per heavy atom.